The van der Waals surface area contributed by atoms with E-state index in [4.69, 9.17) is 0 Å². The molecule has 0 saturated heterocycles. The van der Waals surface area contributed by atoms with Crippen LogP contribution in [0.3, 0.4) is 0 Å². The number of rotatable bonds is 3. The van der Waals surface area contributed by atoms with Gasteiger partial charge in [-0.1, -0.05) is 36.4 Å². The fourth-order valence-electron chi connectivity index (χ4n) is 1.66. The molecule has 0 aliphatic carbocycles. The Hall–Kier alpha value is -2.29. The molecule has 2 aromatic rings. The average Bonchev–Trinajstić information content (AvgIpc) is 2.41. The van der Waals surface area contributed by atoms with Gasteiger partial charge in [-0.2, -0.15) is 0 Å². The molecule has 3 heteroatoms. The fraction of sp³-hybridized carbons (Fsp3) is 0.133. The molecule has 0 aliphatic rings. The predicted molar refractivity (Wildman–Crippen MR) is 72.2 cm³/mol. The minimum absolute atomic E-state index is 0.00736. The zero-order chi connectivity index (χ0) is 13.0. The van der Waals surface area contributed by atoms with E-state index in [1.807, 2.05) is 37.3 Å². The molecular formula is C15H15NO2. The third kappa shape index (κ3) is 2.69. The maximum Gasteiger partial charge on any atom is 0.166 e. The lowest BCUT2D eigenvalue weighted by molar-refractivity contribution is 0.403. The predicted octanol–water partition coefficient (Wildman–Crippen LogP) is 3.28. The van der Waals surface area contributed by atoms with Crippen LogP contribution in [-0.4, -0.2) is 16.4 Å². The average molecular weight is 241 g/mol. The number of nitrogens with zero attached hydrogens (tertiary/aromatic N) is 1. The number of phenols is 2. The van der Waals surface area contributed by atoms with Crippen LogP contribution < -0.4 is 0 Å². The van der Waals surface area contributed by atoms with Crippen molar-refractivity contribution in [2.75, 3.05) is 0 Å². The molecule has 0 bridgehead atoms. The maximum atomic E-state index is 9.64. The van der Waals surface area contributed by atoms with E-state index in [9.17, 15) is 10.2 Å². The van der Waals surface area contributed by atoms with E-state index in [2.05, 4.69) is 4.99 Å². The van der Waals surface area contributed by atoms with Crippen LogP contribution in [0.15, 0.2) is 53.5 Å². The van der Waals surface area contributed by atoms with E-state index in [1.54, 1.807) is 18.3 Å². The summed E-state index contributed by atoms with van der Waals surface area (Å²) in [5.41, 5.74) is 1.62. The number of phenolic OH excluding ortho intramolecular Hbond substituents is 2. The number of para-hydroxylation sites is 1. The minimum Gasteiger partial charge on any atom is -0.504 e. The van der Waals surface area contributed by atoms with Crippen molar-refractivity contribution >= 4 is 6.21 Å². The number of hydrogen-bond donors (Lipinski definition) is 2. The van der Waals surface area contributed by atoms with Gasteiger partial charge in [-0.3, -0.25) is 4.99 Å². The van der Waals surface area contributed by atoms with Crippen LogP contribution in [0.25, 0.3) is 0 Å². The molecule has 0 aromatic heterocycles. The Kier molecular flexibility index (Phi) is 3.63. The minimum atomic E-state index is -0.137. The highest BCUT2D eigenvalue weighted by molar-refractivity contribution is 5.84. The number of hydrogen-bond acceptors (Lipinski definition) is 3. The molecule has 0 heterocycles. The van der Waals surface area contributed by atoms with Gasteiger partial charge >= 0.3 is 0 Å². The lowest BCUT2D eigenvalue weighted by atomic mass is 10.1. The summed E-state index contributed by atoms with van der Waals surface area (Å²) in [5, 5.41) is 19.0. The largest absolute Gasteiger partial charge is 0.504 e. The summed E-state index contributed by atoms with van der Waals surface area (Å²) in [6.07, 6.45) is 1.58. The maximum absolute atomic E-state index is 9.64. The van der Waals surface area contributed by atoms with Gasteiger partial charge in [-0.05, 0) is 24.6 Å². The summed E-state index contributed by atoms with van der Waals surface area (Å²) in [4.78, 5) is 4.37. The van der Waals surface area contributed by atoms with Gasteiger partial charge in [-0.25, -0.2) is 0 Å². The number of aliphatic imine (C=N–C) groups is 1. The molecule has 18 heavy (non-hydrogen) atoms. The quantitative estimate of drug-likeness (QED) is 0.640. The van der Waals surface area contributed by atoms with Gasteiger partial charge in [0.05, 0.1) is 6.04 Å². The van der Waals surface area contributed by atoms with Crippen molar-refractivity contribution in [1.29, 1.82) is 0 Å². The highest BCUT2D eigenvalue weighted by Crippen LogP contribution is 2.27. The summed E-state index contributed by atoms with van der Waals surface area (Å²) in [5.74, 6) is -0.271. The standard InChI is InChI=1S/C15H15NO2/c1-11(12-6-3-2-4-7-12)16-10-13-8-5-9-14(17)15(13)18/h2-11,17-18H,1H3/t11-/m1/s1. The molecule has 2 N–H and O–H groups in total. The van der Waals surface area contributed by atoms with Crippen molar-refractivity contribution in [1.82, 2.24) is 0 Å². The Labute approximate surface area is 106 Å². The molecule has 2 rings (SSSR count). The van der Waals surface area contributed by atoms with Crippen LogP contribution in [0.5, 0.6) is 11.5 Å². The Balaban J connectivity index is 2.19. The molecule has 0 spiro atoms. The van der Waals surface area contributed by atoms with Gasteiger partial charge in [0, 0.05) is 11.8 Å². The number of benzene rings is 2. The summed E-state index contributed by atoms with van der Waals surface area (Å²) >= 11 is 0. The first-order chi connectivity index (χ1) is 8.68. The third-order valence-corrected chi connectivity index (χ3v) is 2.77. The van der Waals surface area contributed by atoms with Crippen LogP contribution in [-0.2, 0) is 0 Å². The fourth-order valence-corrected chi connectivity index (χ4v) is 1.66. The van der Waals surface area contributed by atoms with Gasteiger partial charge in [-0.15, -0.1) is 0 Å². The monoisotopic (exact) mass is 241 g/mol. The van der Waals surface area contributed by atoms with Gasteiger partial charge in [0.2, 0.25) is 0 Å². The van der Waals surface area contributed by atoms with E-state index >= 15 is 0 Å². The second-order valence-corrected chi connectivity index (χ2v) is 4.08. The topological polar surface area (TPSA) is 52.8 Å². The van der Waals surface area contributed by atoms with Crippen molar-refractivity contribution < 1.29 is 10.2 Å². The van der Waals surface area contributed by atoms with Crippen molar-refractivity contribution in [3.8, 4) is 11.5 Å². The van der Waals surface area contributed by atoms with Crippen LogP contribution in [0.1, 0.15) is 24.1 Å². The van der Waals surface area contributed by atoms with Crippen LogP contribution >= 0.6 is 0 Å². The zero-order valence-electron chi connectivity index (χ0n) is 10.1. The molecule has 2 aromatic carbocycles. The molecule has 0 saturated carbocycles. The van der Waals surface area contributed by atoms with Gasteiger partial charge in [0.25, 0.3) is 0 Å². The van der Waals surface area contributed by atoms with E-state index in [1.165, 1.54) is 6.07 Å². The molecule has 1 atom stereocenters. The lowest BCUT2D eigenvalue weighted by Gasteiger charge is -2.06. The van der Waals surface area contributed by atoms with E-state index in [0.717, 1.165) is 5.56 Å². The SMILES string of the molecule is C[C@@H](N=Cc1cccc(O)c1O)c1ccccc1. The molecule has 0 amide bonds. The summed E-state index contributed by atoms with van der Waals surface area (Å²) in [6, 6.07) is 14.7. The Morgan fingerprint density at radius 3 is 2.44 bits per heavy atom. The van der Waals surface area contributed by atoms with E-state index in [-0.39, 0.29) is 17.5 Å². The first-order valence-electron chi connectivity index (χ1n) is 5.77. The Bertz CT molecular complexity index is 550. The van der Waals surface area contributed by atoms with Gasteiger partial charge in [0.15, 0.2) is 11.5 Å². The third-order valence-electron chi connectivity index (χ3n) is 2.77. The van der Waals surface area contributed by atoms with E-state index < -0.39 is 0 Å². The molecule has 0 fully saturated rings. The first-order valence-corrected chi connectivity index (χ1v) is 5.77. The highest BCUT2D eigenvalue weighted by Gasteiger charge is 2.04. The van der Waals surface area contributed by atoms with Crippen LogP contribution in [0, 0.1) is 0 Å². The molecular weight excluding hydrogens is 226 g/mol. The van der Waals surface area contributed by atoms with Gasteiger partial charge < -0.3 is 10.2 Å². The molecule has 3 nitrogen and oxygen atoms in total. The first kappa shape index (κ1) is 12.2. The summed E-state index contributed by atoms with van der Waals surface area (Å²) < 4.78 is 0. The molecule has 0 unspecified atom stereocenters. The molecule has 0 radical (unpaired) electrons. The summed E-state index contributed by atoms with van der Waals surface area (Å²) in [7, 11) is 0. The smallest absolute Gasteiger partial charge is 0.166 e. The molecule has 0 aliphatic heterocycles. The van der Waals surface area contributed by atoms with Crippen LogP contribution in [0.2, 0.25) is 0 Å². The van der Waals surface area contributed by atoms with Crippen LogP contribution in [0.4, 0.5) is 0 Å². The van der Waals surface area contributed by atoms with Crippen molar-refractivity contribution in [3.05, 3.63) is 59.7 Å². The van der Waals surface area contributed by atoms with E-state index in [0.29, 0.717) is 5.56 Å². The number of aromatic hydroxyl groups is 2. The summed E-state index contributed by atoms with van der Waals surface area (Å²) in [6.45, 7) is 1.98. The van der Waals surface area contributed by atoms with Crippen molar-refractivity contribution in [2.45, 2.75) is 13.0 Å². The second kappa shape index (κ2) is 5.36. The van der Waals surface area contributed by atoms with Crippen molar-refractivity contribution in [2.24, 2.45) is 4.99 Å². The highest BCUT2D eigenvalue weighted by atomic mass is 16.3. The zero-order valence-corrected chi connectivity index (χ0v) is 10.1. The van der Waals surface area contributed by atoms with Gasteiger partial charge in [0.1, 0.15) is 0 Å². The van der Waals surface area contributed by atoms with Crippen molar-refractivity contribution in [3.63, 3.8) is 0 Å². The Morgan fingerprint density at radius 1 is 1.00 bits per heavy atom. The molecule has 92 valence electrons. The normalized spacial score (nSPS) is 12.7. The Morgan fingerprint density at radius 2 is 1.72 bits per heavy atom. The lowest BCUT2D eigenvalue weighted by Crippen LogP contribution is -1.91. The second-order valence-electron chi connectivity index (χ2n) is 4.08.